The number of benzene rings is 1. The van der Waals surface area contributed by atoms with Gasteiger partial charge in [-0.3, -0.25) is 9.59 Å². The lowest BCUT2D eigenvalue weighted by Gasteiger charge is -2.38. The first-order valence-corrected chi connectivity index (χ1v) is 11.9. The number of carbonyl (C=O) groups is 2. The zero-order valence-electron chi connectivity index (χ0n) is 18.6. The molecule has 1 spiro atoms. The Kier molecular flexibility index (Phi) is 7.62. The van der Waals surface area contributed by atoms with E-state index in [1.54, 1.807) is 0 Å². The average Bonchev–Trinajstić information content (AvgIpc) is 3.16. The Bertz CT molecular complexity index is 726. The highest BCUT2D eigenvalue weighted by atomic mass is 16.5. The third-order valence-electron chi connectivity index (χ3n) is 7.42. The fraction of sp³-hybridized carbons (Fsp3) is 0.680. The van der Waals surface area contributed by atoms with E-state index in [9.17, 15) is 9.59 Å². The molecular formula is C25H36N2O4. The molecular weight excluding hydrogens is 392 g/mol. The summed E-state index contributed by atoms with van der Waals surface area (Å²) in [5.74, 6) is 0.740. The van der Waals surface area contributed by atoms with Gasteiger partial charge < -0.3 is 19.3 Å². The van der Waals surface area contributed by atoms with E-state index in [-0.39, 0.29) is 23.8 Å². The van der Waals surface area contributed by atoms with Crippen LogP contribution in [-0.4, -0.2) is 67.6 Å². The first kappa shape index (κ1) is 22.3. The predicted octanol–water partition coefficient (Wildman–Crippen LogP) is 3.25. The van der Waals surface area contributed by atoms with E-state index in [2.05, 4.69) is 0 Å². The molecule has 6 nitrogen and oxygen atoms in total. The molecule has 1 aromatic rings. The molecule has 0 radical (unpaired) electrons. The van der Waals surface area contributed by atoms with E-state index in [4.69, 9.17) is 9.47 Å². The highest BCUT2D eigenvalue weighted by Gasteiger charge is 2.47. The summed E-state index contributed by atoms with van der Waals surface area (Å²) in [5, 5.41) is 0. The quantitative estimate of drug-likeness (QED) is 0.669. The van der Waals surface area contributed by atoms with Crippen LogP contribution in [0, 0.1) is 11.3 Å². The second kappa shape index (κ2) is 10.6. The van der Waals surface area contributed by atoms with E-state index in [0.717, 1.165) is 25.1 Å². The molecule has 31 heavy (non-hydrogen) atoms. The van der Waals surface area contributed by atoms with Gasteiger partial charge in [0.25, 0.3) is 0 Å². The number of likely N-dealkylation sites (tertiary alicyclic amines) is 1. The summed E-state index contributed by atoms with van der Waals surface area (Å²) in [4.78, 5) is 29.5. The molecule has 4 rings (SSSR count). The Labute approximate surface area is 185 Å². The molecule has 3 fully saturated rings. The van der Waals surface area contributed by atoms with Gasteiger partial charge in [0.05, 0.1) is 19.8 Å². The van der Waals surface area contributed by atoms with Crippen molar-refractivity contribution in [1.82, 2.24) is 9.80 Å². The van der Waals surface area contributed by atoms with Crippen molar-refractivity contribution in [3.63, 3.8) is 0 Å². The van der Waals surface area contributed by atoms with E-state index in [0.29, 0.717) is 45.2 Å². The van der Waals surface area contributed by atoms with Gasteiger partial charge in [0, 0.05) is 32.6 Å². The zero-order valence-corrected chi connectivity index (χ0v) is 18.6. The van der Waals surface area contributed by atoms with Crippen LogP contribution in [0.25, 0.3) is 0 Å². The monoisotopic (exact) mass is 428 g/mol. The van der Waals surface area contributed by atoms with E-state index >= 15 is 0 Å². The molecule has 6 heteroatoms. The minimum Gasteiger partial charge on any atom is -0.378 e. The summed E-state index contributed by atoms with van der Waals surface area (Å²) in [5.41, 5.74) is 1.28. The van der Waals surface area contributed by atoms with Gasteiger partial charge in [-0.15, -0.1) is 0 Å². The Morgan fingerprint density at radius 1 is 1.00 bits per heavy atom. The maximum absolute atomic E-state index is 12.9. The Morgan fingerprint density at radius 2 is 1.74 bits per heavy atom. The van der Waals surface area contributed by atoms with E-state index in [1.165, 1.54) is 32.1 Å². The minimum atomic E-state index is 0.0860. The highest BCUT2D eigenvalue weighted by Crippen LogP contribution is 2.49. The first-order valence-electron chi connectivity index (χ1n) is 11.9. The largest absolute Gasteiger partial charge is 0.378 e. The second-order valence-corrected chi connectivity index (χ2v) is 9.40. The maximum Gasteiger partial charge on any atom is 0.248 e. The lowest BCUT2D eigenvalue weighted by atomic mass is 9.66. The van der Waals surface area contributed by atoms with Gasteiger partial charge in [-0.1, -0.05) is 49.6 Å². The summed E-state index contributed by atoms with van der Waals surface area (Å²) in [6, 6.07) is 9.97. The Balaban J connectivity index is 1.31. The SMILES string of the molecule is O=C(CCC1CN(C(=O)COCc2ccccc2)CC12CCCCC2)N1CCOCC1. The molecule has 2 heterocycles. The molecule has 2 aliphatic heterocycles. The van der Waals surface area contributed by atoms with E-state index in [1.807, 2.05) is 40.1 Å². The summed E-state index contributed by atoms with van der Waals surface area (Å²) < 4.78 is 11.1. The van der Waals surface area contributed by atoms with Crippen molar-refractivity contribution in [3.8, 4) is 0 Å². The molecule has 1 unspecified atom stereocenters. The van der Waals surface area contributed by atoms with Gasteiger partial charge in [-0.05, 0) is 36.2 Å². The van der Waals surface area contributed by atoms with Crippen LogP contribution in [0.2, 0.25) is 0 Å². The highest BCUT2D eigenvalue weighted by molar-refractivity contribution is 5.78. The van der Waals surface area contributed by atoms with Crippen LogP contribution in [0.1, 0.15) is 50.5 Å². The van der Waals surface area contributed by atoms with Crippen molar-refractivity contribution in [1.29, 1.82) is 0 Å². The molecule has 1 aliphatic carbocycles. The van der Waals surface area contributed by atoms with Crippen LogP contribution in [0.4, 0.5) is 0 Å². The summed E-state index contributed by atoms with van der Waals surface area (Å²) in [6.07, 6.45) is 7.58. The standard InChI is InChI=1S/C25H36N2O4/c28-23(26-13-15-30-16-14-26)10-9-22-17-27(20-25(22)11-5-2-6-12-25)24(29)19-31-18-21-7-3-1-4-8-21/h1,3-4,7-8,22H,2,5-6,9-20H2. The number of ether oxygens (including phenoxy) is 2. The smallest absolute Gasteiger partial charge is 0.248 e. The molecule has 1 aromatic carbocycles. The van der Waals surface area contributed by atoms with Gasteiger partial charge >= 0.3 is 0 Å². The van der Waals surface area contributed by atoms with Crippen molar-refractivity contribution < 1.29 is 19.1 Å². The van der Waals surface area contributed by atoms with Gasteiger partial charge in [-0.25, -0.2) is 0 Å². The van der Waals surface area contributed by atoms with Crippen molar-refractivity contribution in [2.45, 2.75) is 51.6 Å². The third-order valence-corrected chi connectivity index (χ3v) is 7.42. The van der Waals surface area contributed by atoms with Gasteiger partial charge in [-0.2, -0.15) is 0 Å². The summed E-state index contributed by atoms with van der Waals surface area (Å²) in [7, 11) is 0. The molecule has 1 saturated carbocycles. The fourth-order valence-electron chi connectivity index (χ4n) is 5.63. The van der Waals surface area contributed by atoms with Crippen molar-refractivity contribution >= 4 is 11.8 Å². The number of hydrogen-bond acceptors (Lipinski definition) is 4. The topological polar surface area (TPSA) is 59.1 Å². The fourth-order valence-corrected chi connectivity index (χ4v) is 5.63. The van der Waals surface area contributed by atoms with Gasteiger partial charge in [0.2, 0.25) is 11.8 Å². The van der Waals surface area contributed by atoms with Crippen LogP contribution in [0.5, 0.6) is 0 Å². The third kappa shape index (κ3) is 5.66. The van der Waals surface area contributed by atoms with E-state index < -0.39 is 0 Å². The molecule has 3 aliphatic rings. The van der Waals surface area contributed by atoms with Crippen LogP contribution in [0.3, 0.4) is 0 Å². The number of rotatable bonds is 7. The molecule has 0 aromatic heterocycles. The molecule has 170 valence electrons. The molecule has 0 bridgehead atoms. The number of nitrogens with zero attached hydrogens (tertiary/aromatic N) is 2. The average molecular weight is 429 g/mol. The first-order chi connectivity index (χ1) is 15.2. The summed E-state index contributed by atoms with van der Waals surface area (Å²) in [6.45, 7) is 4.89. The normalized spacial score (nSPS) is 23.3. The predicted molar refractivity (Wildman–Crippen MR) is 118 cm³/mol. The zero-order chi connectivity index (χ0) is 21.5. The number of hydrogen-bond donors (Lipinski definition) is 0. The number of carbonyl (C=O) groups excluding carboxylic acids is 2. The van der Waals surface area contributed by atoms with Crippen LogP contribution in [-0.2, 0) is 25.7 Å². The van der Waals surface area contributed by atoms with Crippen LogP contribution in [0.15, 0.2) is 30.3 Å². The Hall–Kier alpha value is -1.92. The minimum absolute atomic E-state index is 0.0860. The van der Waals surface area contributed by atoms with Crippen molar-refractivity contribution in [3.05, 3.63) is 35.9 Å². The molecule has 2 saturated heterocycles. The maximum atomic E-state index is 12.9. The second-order valence-electron chi connectivity index (χ2n) is 9.40. The summed E-state index contributed by atoms with van der Waals surface area (Å²) >= 11 is 0. The lowest BCUT2D eigenvalue weighted by Crippen LogP contribution is -2.41. The number of morpholine rings is 1. The molecule has 2 amide bonds. The van der Waals surface area contributed by atoms with Gasteiger partial charge in [0.1, 0.15) is 6.61 Å². The molecule has 0 N–H and O–H groups in total. The Morgan fingerprint density at radius 3 is 2.48 bits per heavy atom. The number of amides is 2. The van der Waals surface area contributed by atoms with Gasteiger partial charge in [0.15, 0.2) is 0 Å². The van der Waals surface area contributed by atoms with Crippen LogP contribution >= 0.6 is 0 Å². The lowest BCUT2D eigenvalue weighted by molar-refractivity contribution is -0.136. The van der Waals surface area contributed by atoms with Crippen molar-refractivity contribution in [2.75, 3.05) is 46.0 Å². The molecule has 1 atom stereocenters. The van der Waals surface area contributed by atoms with Crippen LogP contribution < -0.4 is 0 Å². The van der Waals surface area contributed by atoms with Crippen molar-refractivity contribution in [2.24, 2.45) is 11.3 Å².